The maximum Gasteiger partial charge on any atom is 0.224 e. The summed E-state index contributed by atoms with van der Waals surface area (Å²) >= 11 is 1.75. The summed E-state index contributed by atoms with van der Waals surface area (Å²) in [6.45, 7) is 4.82. The van der Waals surface area contributed by atoms with Crippen LogP contribution in [0.3, 0.4) is 0 Å². The minimum atomic E-state index is 0. The van der Waals surface area contributed by atoms with Gasteiger partial charge in [0.05, 0.1) is 5.69 Å². The van der Waals surface area contributed by atoms with E-state index >= 15 is 0 Å². The van der Waals surface area contributed by atoms with E-state index in [-0.39, 0.29) is 18.3 Å². The van der Waals surface area contributed by atoms with Crippen LogP contribution in [0.25, 0.3) is 0 Å². The molecule has 1 rings (SSSR count). The highest BCUT2D eigenvalue weighted by molar-refractivity contribution is 8.00. The lowest BCUT2D eigenvalue weighted by Gasteiger charge is -2.12. The van der Waals surface area contributed by atoms with E-state index in [9.17, 15) is 4.79 Å². The SMILES string of the molecule is CC(C)Sc1ccccc1NC(=O)CCCN.Cl. The highest BCUT2D eigenvalue weighted by Crippen LogP contribution is 2.30. The van der Waals surface area contributed by atoms with Gasteiger partial charge in [0.15, 0.2) is 0 Å². The molecule has 0 saturated heterocycles. The predicted octanol–water partition coefficient (Wildman–Crippen LogP) is 3.29. The molecule has 0 heterocycles. The summed E-state index contributed by atoms with van der Waals surface area (Å²) in [5.41, 5.74) is 6.28. The number of para-hydroxylation sites is 1. The zero-order chi connectivity index (χ0) is 12.7. The number of nitrogens with one attached hydrogen (secondary N) is 1. The molecule has 102 valence electrons. The molecule has 0 unspecified atom stereocenters. The van der Waals surface area contributed by atoms with Gasteiger partial charge in [-0.05, 0) is 25.1 Å². The van der Waals surface area contributed by atoms with Crippen LogP contribution in [-0.4, -0.2) is 17.7 Å². The van der Waals surface area contributed by atoms with Crippen molar-refractivity contribution < 1.29 is 4.79 Å². The van der Waals surface area contributed by atoms with Crippen LogP contribution in [0.4, 0.5) is 5.69 Å². The zero-order valence-electron chi connectivity index (χ0n) is 10.8. The molecule has 5 heteroatoms. The number of anilines is 1. The quantitative estimate of drug-likeness (QED) is 0.790. The van der Waals surface area contributed by atoms with Gasteiger partial charge in [0.1, 0.15) is 0 Å². The van der Waals surface area contributed by atoms with Gasteiger partial charge in [0.2, 0.25) is 5.91 Å². The van der Waals surface area contributed by atoms with E-state index in [0.717, 1.165) is 17.0 Å². The van der Waals surface area contributed by atoms with Crippen LogP contribution in [0.15, 0.2) is 29.2 Å². The molecule has 0 spiro atoms. The van der Waals surface area contributed by atoms with E-state index in [1.807, 2.05) is 24.3 Å². The number of hydrogen-bond acceptors (Lipinski definition) is 3. The third kappa shape index (κ3) is 6.28. The predicted molar refractivity (Wildman–Crippen MR) is 81.6 cm³/mol. The molecule has 0 saturated carbocycles. The monoisotopic (exact) mass is 288 g/mol. The van der Waals surface area contributed by atoms with Gasteiger partial charge in [0, 0.05) is 16.6 Å². The lowest BCUT2D eigenvalue weighted by atomic mass is 10.2. The van der Waals surface area contributed by atoms with E-state index in [4.69, 9.17) is 5.73 Å². The van der Waals surface area contributed by atoms with E-state index in [2.05, 4.69) is 19.2 Å². The smallest absolute Gasteiger partial charge is 0.224 e. The Bertz CT molecular complexity index is 372. The number of carbonyl (C=O) groups is 1. The molecule has 0 aliphatic heterocycles. The highest BCUT2D eigenvalue weighted by Gasteiger charge is 2.07. The van der Waals surface area contributed by atoms with Crippen molar-refractivity contribution in [3.63, 3.8) is 0 Å². The Labute approximate surface area is 119 Å². The van der Waals surface area contributed by atoms with Crippen LogP contribution in [0.2, 0.25) is 0 Å². The fourth-order valence-electron chi connectivity index (χ4n) is 1.40. The summed E-state index contributed by atoms with van der Waals surface area (Å²) in [5, 5.41) is 3.43. The minimum absolute atomic E-state index is 0. The molecule has 1 aromatic rings. The molecule has 1 amide bonds. The van der Waals surface area contributed by atoms with Crippen molar-refractivity contribution in [2.24, 2.45) is 5.73 Å². The van der Waals surface area contributed by atoms with Gasteiger partial charge in [-0.15, -0.1) is 24.2 Å². The maximum atomic E-state index is 11.6. The number of thioether (sulfide) groups is 1. The second-order valence-electron chi connectivity index (χ2n) is 4.10. The van der Waals surface area contributed by atoms with Gasteiger partial charge < -0.3 is 11.1 Å². The molecule has 0 atom stereocenters. The largest absolute Gasteiger partial charge is 0.330 e. The Morgan fingerprint density at radius 2 is 2.06 bits per heavy atom. The number of benzene rings is 1. The van der Waals surface area contributed by atoms with Crippen LogP contribution in [0.1, 0.15) is 26.7 Å². The van der Waals surface area contributed by atoms with Gasteiger partial charge in [-0.1, -0.05) is 26.0 Å². The number of hydrogen-bond donors (Lipinski definition) is 2. The van der Waals surface area contributed by atoms with Crippen molar-refractivity contribution in [2.45, 2.75) is 36.8 Å². The average Bonchev–Trinajstić information content (AvgIpc) is 2.28. The molecule has 18 heavy (non-hydrogen) atoms. The summed E-state index contributed by atoms with van der Waals surface area (Å²) in [7, 11) is 0. The lowest BCUT2D eigenvalue weighted by Crippen LogP contribution is -2.14. The highest BCUT2D eigenvalue weighted by atomic mass is 35.5. The molecule has 1 aromatic carbocycles. The van der Waals surface area contributed by atoms with E-state index in [0.29, 0.717) is 18.2 Å². The maximum absolute atomic E-state index is 11.6. The van der Waals surface area contributed by atoms with Crippen LogP contribution in [-0.2, 0) is 4.79 Å². The van der Waals surface area contributed by atoms with Gasteiger partial charge in [-0.2, -0.15) is 0 Å². The van der Waals surface area contributed by atoms with Gasteiger partial charge in [0.25, 0.3) is 0 Å². The second-order valence-corrected chi connectivity index (χ2v) is 5.72. The summed E-state index contributed by atoms with van der Waals surface area (Å²) in [6.07, 6.45) is 1.21. The van der Waals surface area contributed by atoms with Crippen LogP contribution < -0.4 is 11.1 Å². The first-order valence-corrected chi connectivity index (χ1v) is 6.77. The van der Waals surface area contributed by atoms with E-state index < -0.39 is 0 Å². The fourth-order valence-corrected chi connectivity index (χ4v) is 2.31. The third-order valence-electron chi connectivity index (χ3n) is 2.13. The molecule has 0 bridgehead atoms. The van der Waals surface area contributed by atoms with Crippen LogP contribution >= 0.6 is 24.2 Å². The first-order valence-electron chi connectivity index (χ1n) is 5.89. The standard InChI is InChI=1S/C13H20N2OS.ClH/c1-10(2)17-12-7-4-3-6-11(12)15-13(16)8-5-9-14;/h3-4,6-7,10H,5,8-9,14H2,1-2H3,(H,15,16);1H. The van der Waals surface area contributed by atoms with Crippen molar-refractivity contribution in [1.82, 2.24) is 0 Å². The molecule has 0 radical (unpaired) electrons. The van der Waals surface area contributed by atoms with Crippen LogP contribution in [0, 0.1) is 0 Å². The molecule has 3 N–H and O–H groups in total. The van der Waals surface area contributed by atoms with Gasteiger partial charge >= 0.3 is 0 Å². The van der Waals surface area contributed by atoms with Gasteiger partial charge in [-0.25, -0.2) is 0 Å². The van der Waals surface area contributed by atoms with E-state index in [1.165, 1.54) is 0 Å². The molecule has 0 aliphatic carbocycles. The normalized spacial score (nSPS) is 10.0. The summed E-state index contributed by atoms with van der Waals surface area (Å²) in [6, 6.07) is 7.89. The summed E-state index contributed by atoms with van der Waals surface area (Å²) in [4.78, 5) is 12.7. The molecule has 0 aromatic heterocycles. The second kappa shape index (κ2) is 9.25. The number of carbonyl (C=O) groups excluding carboxylic acids is 1. The Kier molecular flexibility index (Phi) is 8.89. The van der Waals surface area contributed by atoms with Crippen molar-refractivity contribution in [3.8, 4) is 0 Å². The molecular formula is C13H21ClN2OS. The number of nitrogens with two attached hydrogens (primary N) is 1. The zero-order valence-corrected chi connectivity index (χ0v) is 12.4. The molecular weight excluding hydrogens is 268 g/mol. The first kappa shape index (κ1) is 17.3. The van der Waals surface area contributed by atoms with Crippen molar-refractivity contribution in [2.75, 3.05) is 11.9 Å². The topological polar surface area (TPSA) is 55.1 Å². The molecule has 3 nitrogen and oxygen atoms in total. The number of rotatable bonds is 6. The Morgan fingerprint density at radius 3 is 2.67 bits per heavy atom. The Morgan fingerprint density at radius 1 is 1.39 bits per heavy atom. The van der Waals surface area contributed by atoms with Gasteiger partial charge in [-0.3, -0.25) is 4.79 Å². The summed E-state index contributed by atoms with van der Waals surface area (Å²) < 4.78 is 0. The first-order chi connectivity index (χ1) is 8.13. The Hall–Kier alpha value is -0.710. The van der Waals surface area contributed by atoms with Crippen molar-refractivity contribution in [1.29, 1.82) is 0 Å². The summed E-state index contributed by atoms with van der Waals surface area (Å²) in [5.74, 6) is 0.0345. The van der Waals surface area contributed by atoms with Crippen LogP contribution in [0.5, 0.6) is 0 Å². The molecule has 0 aliphatic rings. The van der Waals surface area contributed by atoms with Crippen molar-refractivity contribution in [3.05, 3.63) is 24.3 Å². The lowest BCUT2D eigenvalue weighted by molar-refractivity contribution is -0.116. The minimum Gasteiger partial charge on any atom is -0.330 e. The third-order valence-corrected chi connectivity index (χ3v) is 3.21. The number of amides is 1. The fraction of sp³-hybridized carbons (Fsp3) is 0.462. The van der Waals surface area contributed by atoms with E-state index in [1.54, 1.807) is 11.8 Å². The molecule has 0 fully saturated rings. The average molecular weight is 289 g/mol. The Balaban J connectivity index is 0.00000289. The number of halogens is 1. The van der Waals surface area contributed by atoms with Crippen molar-refractivity contribution >= 4 is 35.8 Å².